The fraction of sp³-hybridized carbons (Fsp3) is 0.800. The van der Waals surface area contributed by atoms with Crippen molar-refractivity contribution in [3.8, 4) is 12.3 Å². The van der Waals surface area contributed by atoms with Crippen molar-refractivity contribution in [2.45, 2.75) is 44.6 Å². The van der Waals surface area contributed by atoms with Crippen LogP contribution in [-0.2, 0) is 0 Å². The maximum Gasteiger partial charge on any atom is 0.0677 e. The van der Waals surface area contributed by atoms with Crippen LogP contribution in [0.2, 0.25) is 0 Å². The molecule has 0 amide bonds. The van der Waals surface area contributed by atoms with Gasteiger partial charge in [0, 0.05) is 6.42 Å². The minimum absolute atomic E-state index is 0.236. The predicted molar refractivity (Wildman–Crippen MR) is 46.0 cm³/mol. The molecule has 0 bridgehead atoms. The summed E-state index contributed by atoms with van der Waals surface area (Å²) >= 11 is 0. The van der Waals surface area contributed by atoms with Crippen LogP contribution in [0, 0.1) is 18.3 Å². The van der Waals surface area contributed by atoms with E-state index >= 15 is 0 Å². The maximum absolute atomic E-state index is 9.53. The summed E-state index contributed by atoms with van der Waals surface area (Å²) in [5, 5.41) is 9.53. The molecule has 1 nitrogen and oxygen atoms in total. The molecule has 0 heterocycles. The van der Waals surface area contributed by atoms with Gasteiger partial charge >= 0.3 is 0 Å². The first kappa shape index (κ1) is 8.62. The van der Waals surface area contributed by atoms with Crippen molar-refractivity contribution < 1.29 is 5.11 Å². The molecule has 0 aromatic heterocycles. The monoisotopic (exact) mass is 152 g/mol. The zero-order valence-electron chi connectivity index (χ0n) is 6.92. The van der Waals surface area contributed by atoms with Gasteiger partial charge in [-0.3, -0.25) is 0 Å². The second kappa shape index (κ2) is 4.41. The zero-order valence-corrected chi connectivity index (χ0v) is 6.92. The van der Waals surface area contributed by atoms with E-state index in [0.717, 1.165) is 0 Å². The highest BCUT2D eigenvalue weighted by atomic mass is 16.3. The molecule has 1 rings (SSSR count). The molecular weight excluding hydrogens is 136 g/mol. The quantitative estimate of drug-likeness (QED) is 0.600. The van der Waals surface area contributed by atoms with Crippen molar-refractivity contribution in [2.24, 2.45) is 5.92 Å². The molecule has 0 spiro atoms. The van der Waals surface area contributed by atoms with Crippen LogP contribution in [0.15, 0.2) is 0 Å². The van der Waals surface area contributed by atoms with Gasteiger partial charge in [-0.05, 0) is 18.8 Å². The predicted octanol–water partition coefficient (Wildman–Crippen LogP) is 1.95. The Balaban J connectivity index is 2.27. The highest BCUT2D eigenvalue weighted by Gasteiger charge is 2.20. The number of hydrogen-bond donors (Lipinski definition) is 1. The maximum atomic E-state index is 9.53. The summed E-state index contributed by atoms with van der Waals surface area (Å²) in [6.45, 7) is 0. The first-order valence-electron chi connectivity index (χ1n) is 4.46. The lowest BCUT2D eigenvalue weighted by Gasteiger charge is -2.25. The van der Waals surface area contributed by atoms with Crippen LogP contribution in [0.5, 0.6) is 0 Å². The van der Waals surface area contributed by atoms with E-state index in [4.69, 9.17) is 6.42 Å². The van der Waals surface area contributed by atoms with Gasteiger partial charge in [-0.25, -0.2) is 0 Å². The summed E-state index contributed by atoms with van der Waals surface area (Å²) in [6.07, 6.45) is 11.6. The van der Waals surface area contributed by atoms with Crippen molar-refractivity contribution in [1.82, 2.24) is 0 Å². The summed E-state index contributed by atoms with van der Waals surface area (Å²) in [5.41, 5.74) is 0. The standard InChI is InChI=1S/C10H16O/c1-2-6-10(11)9-7-4-3-5-8-9/h1,9-11H,3-8H2. The smallest absolute Gasteiger partial charge is 0.0677 e. The summed E-state index contributed by atoms with van der Waals surface area (Å²) in [4.78, 5) is 0. The van der Waals surface area contributed by atoms with Gasteiger partial charge in [0.15, 0.2) is 0 Å². The van der Waals surface area contributed by atoms with Crippen molar-refractivity contribution in [3.63, 3.8) is 0 Å². The first-order chi connectivity index (χ1) is 5.34. The van der Waals surface area contributed by atoms with E-state index in [1.54, 1.807) is 0 Å². The minimum atomic E-state index is -0.236. The molecule has 1 aliphatic rings. The van der Waals surface area contributed by atoms with E-state index in [1.165, 1.54) is 32.1 Å². The van der Waals surface area contributed by atoms with Crippen LogP contribution in [0.3, 0.4) is 0 Å². The van der Waals surface area contributed by atoms with Gasteiger partial charge in [0.05, 0.1) is 6.10 Å². The molecular formula is C10H16O. The Morgan fingerprint density at radius 2 is 2.00 bits per heavy atom. The normalized spacial score (nSPS) is 22.5. The van der Waals surface area contributed by atoms with Gasteiger partial charge in [0.1, 0.15) is 0 Å². The summed E-state index contributed by atoms with van der Waals surface area (Å²) in [6, 6.07) is 0. The van der Waals surface area contributed by atoms with E-state index in [2.05, 4.69) is 5.92 Å². The third-order valence-electron chi connectivity index (χ3n) is 2.52. The Kier molecular flexibility index (Phi) is 3.45. The van der Waals surface area contributed by atoms with Gasteiger partial charge in [-0.1, -0.05) is 19.3 Å². The van der Waals surface area contributed by atoms with Crippen molar-refractivity contribution in [3.05, 3.63) is 0 Å². The number of aliphatic hydroxyl groups is 1. The van der Waals surface area contributed by atoms with E-state index < -0.39 is 0 Å². The highest BCUT2D eigenvalue weighted by Crippen LogP contribution is 2.27. The average Bonchev–Trinajstić information content (AvgIpc) is 2.07. The lowest BCUT2D eigenvalue weighted by atomic mass is 9.84. The van der Waals surface area contributed by atoms with Crippen molar-refractivity contribution in [2.75, 3.05) is 0 Å². The molecule has 1 saturated carbocycles. The van der Waals surface area contributed by atoms with Gasteiger partial charge in [0.2, 0.25) is 0 Å². The molecule has 1 aliphatic carbocycles. The molecule has 0 aromatic carbocycles. The molecule has 1 fully saturated rings. The van der Waals surface area contributed by atoms with Crippen LogP contribution in [0.4, 0.5) is 0 Å². The van der Waals surface area contributed by atoms with E-state index in [1.807, 2.05) is 0 Å². The largest absolute Gasteiger partial charge is 0.392 e. The van der Waals surface area contributed by atoms with Crippen LogP contribution >= 0.6 is 0 Å². The topological polar surface area (TPSA) is 20.2 Å². The van der Waals surface area contributed by atoms with Gasteiger partial charge < -0.3 is 5.11 Å². The third kappa shape index (κ3) is 2.55. The number of terminal acetylenes is 1. The van der Waals surface area contributed by atoms with E-state index in [0.29, 0.717) is 12.3 Å². The van der Waals surface area contributed by atoms with Crippen LogP contribution < -0.4 is 0 Å². The Labute approximate surface area is 68.8 Å². The Bertz CT molecular complexity index is 139. The number of aliphatic hydroxyl groups excluding tert-OH is 1. The van der Waals surface area contributed by atoms with Crippen molar-refractivity contribution in [1.29, 1.82) is 0 Å². The zero-order chi connectivity index (χ0) is 8.10. The molecule has 0 aliphatic heterocycles. The summed E-state index contributed by atoms with van der Waals surface area (Å²) in [5.74, 6) is 3.00. The molecule has 62 valence electrons. The molecule has 11 heavy (non-hydrogen) atoms. The molecule has 1 N–H and O–H groups in total. The van der Waals surface area contributed by atoms with Crippen molar-refractivity contribution >= 4 is 0 Å². The first-order valence-corrected chi connectivity index (χ1v) is 4.46. The fourth-order valence-electron chi connectivity index (χ4n) is 1.81. The molecule has 0 radical (unpaired) electrons. The van der Waals surface area contributed by atoms with Crippen LogP contribution in [-0.4, -0.2) is 11.2 Å². The lowest BCUT2D eigenvalue weighted by Crippen LogP contribution is -2.22. The summed E-state index contributed by atoms with van der Waals surface area (Å²) in [7, 11) is 0. The second-order valence-corrected chi connectivity index (χ2v) is 3.37. The molecule has 1 atom stereocenters. The molecule has 1 heteroatoms. The summed E-state index contributed by atoms with van der Waals surface area (Å²) < 4.78 is 0. The SMILES string of the molecule is C#CCC(O)C1CCCCC1. The highest BCUT2D eigenvalue weighted by molar-refractivity contribution is 4.89. The number of rotatable bonds is 2. The minimum Gasteiger partial charge on any atom is -0.392 e. The van der Waals surface area contributed by atoms with E-state index in [9.17, 15) is 5.11 Å². The number of hydrogen-bond acceptors (Lipinski definition) is 1. The van der Waals surface area contributed by atoms with Gasteiger partial charge in [-0.15, -0.1) is 12.3 Å². The Morgan fingerprint density at radius 3 is 2.55 bits per heavy atom. The Hall–Kier alpha value is -0.480. The van der Waals surface area contributed by atoms with E-state index in [-0.39, 0.29) is 6.10 Å². The average molecular weight is 152 g/mol. The lowest BCUT2D eigenvalue weighted by molar-refractivity contribution is 0.0892. The van der Waals surface area contributed by atoms with Gasteiger partial charge in [-0.2, -0.15) is 0 Å². The third-order valence-corrected chi connectivity index (χ3v) is 2.52. The van der Waals surface area contributed by atoms with Gasteiger partial charge in [0.25, 0.3) is 0 Å². The van der Waals surface area contributed by atoms with Crippen LogP contribution in [0.25, 0.3) is 0 Å². The molecule has 0 saturated heterocycles. The second-order valence-electron chi connectivity index (χ2n) is 3.37. The molecule has 1 unspecified atom stereocenters. The molecule has 0 aromatic rings. The van der Waals surface area contributed by atoms with Crippen LogP contribution in [0.1, 0.15) is 38.5 Å². The Morgan fingerprint density at radius 1 is 1.36 bits per heavy atom. The fourth-order valence-corrected chi connectivity index (χ4v) is 1.81.